The minimum Gasteiger partial charge on any atom is -0.500 e. The maximum absolute atomic E-state index is 8.01. The standard InChI is InChI=1S/C17H10NO.C11H8N.Ir/c1-2-7-16-13(5-1)14-11-12(8-9-17(14)19-16)15-6-3-4-10-18-15;1-2-6-10(7-3-1)11-8-4-5-9-12-11;/h1-7,9-11H;1-6,8-9H;/q2*-1;/i3D,4D,6D,10D;;. The number of hydrogen-bond donors (Lipinski definition) is 0. The molecule has 0 N–H and O–H groups in total. The Labute approximate surface area is 205 Å². The van der Waals surface area contributed by atoms with Crippen LogP contribution < -0.4 is 0 Å². The first-order chi connectivity index (χ1) is 17.0. The molecule has 0 aliphatic rings. The van der Waals surface area contributed by atoms with E-state index in [1.54, 1.807) is 18.3 Å². The molecular weight excluding hydrogens is 573 g/mol. The summed E-state index contributed by atoms with van der Waals surface area (Å²) in [6.45, 7) is 0. The number of fused-ring (bicyclic) bond motifs is 3. The van der Waals surface area contributed by atoms with Gasteiger partial charge in [0.15, 0.2) is 0 Å². The van der Waals surface area contributed by atoms with E-state index in [1.165, 1.54) is 0 Å². The van der Waals surface area contributed by atoms with E-state index in [1.807, 2.05) is 66.7 Å². The summed E-state index contributed by atoms with van der Waals surface area (Å²) in [5.74, 6) is 0. The van der Waals surface area contributed by atoms with Crippen molar-refractivity contribution in [2.24, 2.45) is 0 Å². The van der Waals surface area contributed by atoms with Crippen LogP contribution in [0.5, 0.6) is 0 Å². The number of para-hydroxylation sites is 1. The first-order valence-electron chi connectivity index (χ1n) is 11.7. The Kier molecular flexibility index (Phi) is 5.40. The number of nitrogens with zero attached hydrogens (tertiary/aromatic N) is 2. The molecule has 157 valence electrons. The van der Waals surface area contributed by atoms with Crippen molar-refractivity contribution in [2.45, 2.75) is 0 Å². The topological polar surface area (TPSA) is 38.9 Å². The molecule has 3 aromatic carbocycles. The van der Waals surface area contributed by atoms with E-state index in [0.29, 0.717) is 11.1 Å². The molecule has 0 unspecified atom stereocenters. The summed E-state index contributed by atoms with van der Waals surface area (Å²) < 4.78 is 36.8. The third-order valence-electron chi connectivity index (χ3n) is 4.68. The summed E-state index contributed by atoms with van der Waals surface area (Å²) in [6.07, 6.45) is 1.47. The largest absolute Gasteiger partial charge is 0.500 e. The second kappa shape index (κ2) is 10.1. The molecule has 6 aromatic rings. The monoisotopic (exact) mass is 595 g/mol. The number of furan rings is 1. The van der Waals surface area contributed by atoms with Crippen LogP contribution in [0.3, 0.4) is 0 Å². The Morgan fingerprint density at radius 3 is 2.47 bits per heavy atom. The van der Waals surface area contributed by atoms with Gasteiger partial charge in [-0.1, -0.05) is 47.8 Å². The van der Waals surface area contributed by atoms with Crippen molar-refractivity contribution in [2.75, 3.05) is 0 Å². The molecular formula is C28H18IrN2O-2. The predicted octanol–water partition coefficient (Wildman–Crippen LogP) is 6.99. The molecule has 3 aromatic heterocycles. The van der Waals surface area contributed by atoms with Crippen molar-refractivity contribution in [3.63, 3.8) is 0 Å². The molecule has 0 aliphatic carbocycles. The minimum atomic E-state index is -0.339. The molecule has 1 radical (unpaired) electrons. The third-order valence-corrected chi connectivity index (χ3v) is 4.68. The minimum absolute atomic E-state index is 0. The fourth-order valence-corrected chi connectivity index (χ4v) is 3.24. The van der Waals surface area contributed by atoms with Gasteiger partial charge in [-0.2, -0.15) is 0 Å². The molecule has 6 rings (SSSR count). The average Bonchev–Trinajstić information content (AvgIpc) is 3.29. The first-order valence-corrected chi connectivity index (χ1v) is 9.69. The number of rotatable bonds is 2. The number of aromatic nitrogens is 2. The van der Waals surface area contributed by atoms with E-state index in [-0.39, 0.29) is 50.1 Å². The molecule has 0 saturated carbocycles. The molecule has 0 atom stereocenters. The van der Waals surface area contributed by atoms with E-state index in [0.717, 1.165) is 27.6 Å². The number of benzene rings is 3. The van der Waals surface area contributed by atoms with Gasteiger partial charge in [-0.05, 0) is 29.6 Å². The van der Waals surface area contributed by atoms with E-state index in [9.17, 15) is 0 Å². The van der Waals surface area contributed by atoms with Crippen LogP contribution in [0.1, 0.15) is 5.48 Å². The summed E-state index contributed by atoms with van der Waals surface area (Å²) in [5.41, 5.74) is 4.14. The van der Waals surface area contributed by atoms with Gasteiger partial charge in [-0.15, -0.1) is 59.7 Å². The molecule has 0 spiro atoms. The van der Waals surface area contributed by atoms with Gasteiger partial charge in [-0.25, -0.2) is 0 Å². The SMILES string of the molecule is [2H]c1nc(-c2[c-]cc3oc4ccccc4c3c2)c([2H])c([2H])c1[2H].[Ir].[c-]1ccccc1-c1ccccn1. The normalized spacial score (nSPS) is 12.0. The van der Waals surface area contributed by atoms with Crippen molar-refractivity contribution in [1.82, 2.24) is 9.97 Å². The van der Waals surface area contributed by atoms with Crippen molar-refractivity contribution < 1.29 is 30.0 Å². The van der Waals surface area contributed by atoms with E-state index >= 15 is 0 Å². The Balaban J connectivity index is 0.000000198. The second-order valence-corrected chi connectivity index (χ2v) is 6.66. The molecule has 3 nitrogen and oxygen atoms in total. The van der Waals surface area contributed by atoms with Crippen molar-refractivity contribution in [1.29, 1.82) is 0 Å². The summed E-state index contributed by atoms with van der Waals surface area (Å²) in [4.78, 5) is 8.20. The van der Waals surface area contributed by atoms with Crippen LogP contribution >= 0.6 is 0 Å². The third kappa shape index (κ3) is 4.67. The van der Waals surface area contributed by atoms with E-state index < -0.39 is 0 Å². The summed E-state index contributed by atoms with van der Waals surface area (Å²) in [5, 5.41) is 1.81. The van der Waals surface area contributed by atoms with Gasteiger partial charge >= 0.3 is 0 Å². The predicted molar refractivity (Wildman–Crippen MR) is 124 cm³/mol. The Morgan fingerprint density at radius 1 is 0.750 bits per heavy atom. The molecule has 0 amide bonds. The molecule has 4 heteroatoms. The second-order valence-electron chi connectivity index (χ2n) is 6.66. The smallest absolute Gasteiger partial charge is 0.120 e. The van der Waals surface area contributed by atoms with E-state index in [4.69, 9.17) is 9.90 Å². The fourth-order valence-electron chi connectivity index (χ4n) is 3.24. The molecule has 0 fully saturated rings. The number of hydrogen-bond acceptors (Lipinski definition) is 3. The maximum Gasteiger partial charge on any atom is 0.120 e. The van der Waals surface area contributed by atoms with Crippen LogP contribution in [-0.2, 0) is 20.1 Å². The van der Waals surface area contributed by atoms with Crippen LogP contribution in [0, 0.1) is 12.1 Å². The van der Waals surface area contributed by atoms with Gasteiger partial charge in [-0.3, -0.25) is 0 Å². The molecule has 0 aliphatic heterocycles. The van der Waals surface area contributed by atoms with Crippen molar-refractivity contribution in [3.8, 4) is 22.5 Å². The zero-order chi connectivity index (χ0) is 24.4. The quantitative estimate of drug-likeness (QED) is 0.203. The molecule has 3 heterocycles. The van der Waals surface area contributed by atoms with E-state index in [2.05, 4.69) is 22.1 Å². The molecule has 32 heavy (non-hydrogen) atoms. The summed E-state index contributed by atoms with van der Waals surface area (Å²) in [7, 11) is 0. The van der Waals surface area contributed by atoms with Crippen LogP contribution in [0.15, 0.2) is 114 Å². The Hall–Kier alpha value is -3.59. The van der Waals surface area contributed by atoms with Crippen LogP contribution in [0.2, 0.25) is 0 Å². The molecule has 0 bridgehead atoms. The van der Waals surface area contributed by atoms with Crippen LogP contribution in [-0.4, -0.2) is 9.97 Å². The summed E-state index contributed by atoms with van der Waals surface area (Å²) >= 11 is 0. The van der Waals surface area contributed by atoms with Gasteiger partial charge < -0.3 is 14.4 Å². The summed E-state index contributed by atoms with van der Waals surface area (Å²) in [6, 6.07) is 30.1. The zero-order valence-electron chi connectivity index (χ0n) is 20.7. The van der Waals surface area contributed by atoms with Gasteiger partial charge in [0.1, 0.15) is 5.58 Å². The van der Waals surface area contributed by atoms with Gasteiger partial charge in [0.05, 0.1) is 11.1 Å². The Bertz CT molecular complexity index is 1600. The Morgan fingerprint density at radius 2 is 1.62 bits per heavy atom. The number of pyridine rings is 2. The van der Waals surface area contributed by atoms with Gasteiger partial charge in [0.2, 0.25) is 0 Å². The van der Waals surface area contributed by atoms with Gasteiger partial charge in [0, 0.05) is 37.9 Å². The van der Waals surface area contributed by atoms with Crippen LogP contribution in [0.25, 0.3) is 44.5 Å². The van der Waals surface area contributed by atoms with Crippen molar-refractivity contribution in [3.05, 3.63) is 121 Å². The average molecular weight is 595 g/mol. The maximum atomic E-state index is 8.01. The zero-order valence-corrected chi connectivity index (χ0v) is 19.1. The van der Waals surface area contributed by atoms with Crippen LogP contribution in [0.4, 0.5) is 0 Å². The van der Waals surface area contributed by atoms with Crippen molar-refractivity contribution >= 4 is 21.9 Å². The molecule has 0 saturated heterocycles. The first kappa shape index (κ1) is 17.0. The van der Waals surface area contributed by atoms with Gasteiger partial charge in [0.25, 0.3) is 0 Å². The fraction of sp³-hybridized carbons (Fsp3) is 0.